The number of fused-ring (bicyclic) bond motifs is 1. The quantitative estimate of drug-likeness (QED) is 0.928. The third-order valence-corrected chi connectivity index (χ3v) is 4.42. The van der Waals surface area contributed by atoms with Crippen LogP contribution in [0.4, 0.5) is 11.4 Å². The van der Waals surface area contributed by atoms with E-state index in [0.29, 0.717) is 16.5 Å². The van der Waals surface area contributed by atoms with Crippen molar-refractivity contribution < 1.29 is 9.53 Å². The van der Waals surface area contributed by atoms with Gasteiger partial charge in [-0.1, -0.05) is 29.8 Å². The van der Waals surface area contributed by atoms with Crippen LogP contribution in [0.5, 0.6) is 5.75 Å². The summed E-state index contributed by atoms with van der Waals surface area (Å²) >= 11 is 6.01. The number of halogens is 1. The van der Waals surface area contributed by atoms with Gasteiger partial charge in [-0.2, -0.15) is 0 Å². The Morgan fingerprint density at radius 3 is 2.87 bits per heavy atom. The first-order valence-electron chi connectivity index (χ1n) is 7.59. The van der Waals surface area contributed by atoms with Gasteiger partial charge in [0.25, 0.3) is 0 Å². The van der Waals surface area contributed by atoms with E-state index in [1.165, 1.54) is 5.56 Å². The topological polar surface area (TPSA) is 41.6 Å². The normalized spacial score (nSPS) is 14.3. The van der Waals surface area contributed by atoms with Crippen LogP contribution in [0.1, 0.15) is 12.5 Å². The predicted molar refractivity (Wildman–Crippen MR) is 93.6 cm³/mol. The van der Waals surface area contributed by atoms with Crippen LogP contribution in [0, 0.1) is 0 Å². The molecule has 0 radical (unpaired) electrons. The fraction of sp³-hybridized carbons (Fsp3) is 0.278. The Balaban J connectivity index is 1.78. The molecule has 0 aliphatic carbocycles. The van der Waals surface area contributed by atoms with E-state index < -0.39 is 0 Å². The highest BCUT2D eigenvalue weighted by Gasteiger charge is 2.27. The number of ether oxygens (including phenoxy) is 1. The summed E-state index contributed by atoms with van der Waals surface area (Å²) in [5, 5.41) is 3.48. The number of carbonyl (C=O) groups is 1. The number of amides is 1. The van der Waals surface area contributed by atoms with Crippen LogP contribution >= 0.6 is 11.6 Å². The number of carbonyl (C=O) groups excluding carboxylic acids is 1. The molecule has 1 atom stereocenters. The summed E-state index contributed by atoms with van der Waals surface area (Å²) in [6, 6.07) is 13.1. The highest BCUT2D eigenvalue weighted by molar-refractivity contribution is 6.31. The van der Waals surface area contributed by atoms with Crippen molar-refractivity contribution in [1.82, 2.24) is 0 Å². The molecule has 0 spiro atoms. The first-order valence-corrected chi connectivity index (χ1v) is 7.97. The molecule has 1 amide bonds. The molecule has 0 saturated carbocycles. The molecule has 0 saturated heterocycles. The molecule has 2 aromatic carbocycles. The molecule has 1 heterocycles. The predicted octanol–water partition coefficient (Wildman–Crippen LogP) is 3.74. The molecule has 0 aromatic heterocycles. The summed E-state index contributed by atoms with van der Waals surface area (Å²) in [4.78, 5) is 14.8. The van der Waals surface area contributed by atoms with Crippen LogP contribution in [-0.2, 0) is 11.2 Å². The average Bonchev–Trinajstić information content (AvgIpc) is 2.98. The fourth-order valence-corrected chi connectivity index (χ4v) is 3.09. The molecule has 0 bridgehead atoms. The van der Waals surface area contributed by atoms with Gasteiger partial charge in [0, 0.05) is 17.3 Å². The number of benzene rings is 2. The van der Waals surface area contributed by atoms with E-state index in [1.807, 2.05) is 19.1 Å². The second kappa shape index (κ2) is 6.50. The monoisotopic (exact) mass is 330 g/mol. The van der Waals surface area contributed by atoms with Gasteiger partial charge in [0.15, 0.2) is 0 Å². The Bertz CT molecular complexity index is 733. The minimum atomic E-state index is -0.276. The molecule has 23 heavy (non-hydrogen) atoms. The Morgan fingerprint density at radius 2 is 2.09 bits per heavy atom. The number of methoxy groups -OCH3 is 1. The molecule has 1 aliphatic heterocycles. The van der Waals surface area contributed by atoms with Crippen molar-refractivity contribution in [1.29, 1.82) is 0 Å². The summed E-state index contributed by atoms with van der Waals surface area (Å²) < 4.78 is 5.28. The molecule has 5 heteroatoms. The summed E-state index contributed by atoms with van der Waals surface area (Å²) in [6.45, 7) is 2.76. The largest absolute Gasteiger partial charge is 0.495 e. The van der Waals surface area contributed by atoms with Gasteiger partial charge in [-0.25, -0.2) is 0 Å². The maximum absolute atomic E-state index is 12.6. The van der Waals surface area contributed by atoms with Crippen LogP contribution in [-0.4, -0.2) is 25.6 Å². The molecule has 1 aliphatic rings. The second-order valence-corrected chi connectivity index (χ2v) is 6.02. The van der Waals surface area contributed by atoms with E-state index >= 15 is 0 Å². The number of nitrogens with one attached hydrogen (secondary N) is 1. The Morgan fingerprint density at radius 1 is 1.30 bits per heavy atom. The van der Waals surface area contributed by atoms with Crippen molar-refractivity contribution in [3.8, 4) is 5.75 Å². The van der Waals surface area contributed by atoms with Crippen molar-refractivity contribution in [2.45, 2.75) is 19.4 Å². The number of nitrogens with zero attached hydrogens (tertiary/aromatic N) is 1. The number of rotatable bonds is 4. The molecule has 4 nitrogen and oxygen atoms in total. The SMILES string of the molecule is COc1ccc(Cl)cc1NC(=O)[C@@H](C)N1CCc2ccccc21. The molecular weight excluding hydrogens is 312 g/mol. The maximum Gasteiger partial charge on any atom is 0.246 e. The lowest BCUT2D eigenvalue weighted by molar-refractivity contribution is -0.117. The minimum Gasteiger partial charge on any atom is -0.495 e. The molecule has 0 fully saturated rings. The van der Waals surface area contributed by atoms with E-state index in [9.17, 15) is 4.79 Å². The third-order valence-electron chi connectivity index (χ3n) is 4.19. The standard InChI is InChI=1S/C18H19ClN2O2/c1-12(21-10-9-13-5-3-4-6-16(13)21)18(22)20-15-11-14(19)7-8-17(15)23-2/h3-8,11-12H,9-10H2,1-2H3,(H,20,22)/t12-/m1/s1. The Hall–Kier alpha value is -2.20. The van der Waals surface area contributed by atoms with Gasteiger partial charge >= 0.3 is 0 Å². The van der Waals surface area contributed by atoms with Crippen LogP contribution < -0.4 is 15.0 Å². The van der Waals surface area contributed by atoms with Crippen molar-refractivity contribution in [2.75, 3.05) is 23.9 Å². The van der Waals surface area contributed by atoms with Crippen LogP contribution in [0.15, 0.2) is 42.5 Å². The summed E-state index contributed by atoms with van der Waals surface area (Å²) in [5.74, 6) is 0.513. The van der Waals surface area contributed by atoms with Crippen LogP contribution in [0.2, 0.25) is 5.02 Å². The van der Waals surface area contributed by atoms with E-state index in [1.54, 1.807) is 25.3 Å². The molecule has 120 valence electrons. The first-order chi connectivity index (χ1) is 11.1. The van der Waals surface area contributed by atoms with E-state index in [4.69, 9.17) is 16.3 Å². The zero-order chi connectivity index (χ0) is 16.4. The van der Waals surface area contributed by atoms with E-state index in [0.717, 1.165) is 18.7 Å². The van der Waals surface area contributed by atoms with Gasteiger partial charge in [-0.15, -0.1) is 0 Å². The number of anilines is 2. The molecule has 2 aromatic rings. The van der Waals surface area contributed by atoms with Gasteiger partial charge in [0.1, 0.15) is 11.8 Å². The Kier molecular flexibility index (Phi) is 4.44. The smallest absolute Gasteiger partial charge is 0.246 e. The third kappa shape index (κ3) is 3.13. The van der Waals surface area contributed by atoms with Gasteiger partial charge in [0.05, 0.1) is 12.8 Å². The second-order valence-electron chi connectivity index (χ2n) is 5.58. The Labute approximate surface area is 141 Å². The lowest BCUT2D eigenvalue weighted by atomic mass is 10.1. The van der Waals surface area contributed by atoms with Gasteiger partial charge in [-0.3, -0.25) is 4.79 Å². The number of hydrogen-bond acceptors (Lipinski definition) is 3. The zero-order valence-corrected chi connectivity index (χ0v) is 13.9. The maximum atomic E-state index is 12.6. The highest BCUT2D eigenvalue weighted by Crippen LogP contribution is 2.31. The van der Waals surface area contributed by atoms with Crippen molar-refractivity contribution in [3.05, 3.63) is 53.1 Å². The van der Waals surface area contributed by atoms with E-state index in [2.05, 4.69) is 22.3 Å². The zero-order valence-electron chi connectivity index (χ0n) is 13.2. The number of hydrogen-bond donors (Lipinski definition) is 1. The highest BCUT2D eigenvalue weighted by atomic mass is 35.5. The van der Waals surface area contributed by atoms with Crippen molar-refractivity contribution in [2.24, 2.45) is 0 Å². The van der Waals surface area contributed by atoms with Crippen LogP contribution in [0.3, 0.4) is 0 Å². The summed E-state index contributed by atoms with van der Waals surface area (Å²) in [6.07, 6.45) is 0.967. The van der Waals surface area contributed by atoms with Crippen LogP contribution in [0.25, 0.3) is 0 Å². The van der Waals surface area contributed by atoms with Gasteiger partial charge < -0.3 is 15.0 Å². The summed E-state index contributed by atoms with van der Waals surface area (Å²) in [5.41, 5.74) is 3.00. The molecule has 1 N–H and O–H groups in total. The molecule has 3 rings (SSSR count). The summed E-state index contributed by atoms with van der Waals surface area (Å²) in [7, 11) is 1.57. The molecule has 0 unspecified atom stereocenters. The van der Waals surface area contributed by atoms with Crippen molar-refractivity contribution >= 4 is 28.9 Å². The van der Waals surface area contributed by atoms with Crippen molar-refractivity contribution in [3.63, 3.8) is 0 Å². The van der Waals surface area contributed by atoms with E-state index in [-0.39, 0.29) is 11.9 Å². The average molecular weight is 331 g/mol. The minimum absolute atomic E-state index is 0.0812. The lowest BCUT2D eigenvalue weighted by Gasteiger charge is -2.26. The lowest BCUT2D eigenvalue weighted by Crippen LogP contribution is -2.41. The van der Waals surface area contributed by atoms with Gasteiger partial charge in [-0.05, 0) is 43.2 Å². The first kappa shape index (κ1) is 15.7. The number of para-hydroxylation sites is 1. The molecular formula is C18H19ClN2O2. The van der Waals surface area contributed by atoms with Gasteiger partial charge in [0.2, 0.25) is 5.91 Å². The fourth-order valence-electron chi connectivity index (χ4n) is 2.92.